The first-order valence-corrected chi connectivity index (χ1v) is 13.4. The molecule has 8 heteroatoms. The van der Waals surface area contributed by atoms with E-state index in [1.165, 1.54) is 7.11 Å². The fourth-order valence-electron chi connectivity index (χ4n) is 4.38. The molecule has 2 amide bonds. The number of carbonyl (C=O) groups is 3. The van der Waals surface area contributed by atoms with Crippen LogP contribution in [0.5, 0.6) is 5.75 Å². The SMILES string of the molecule is COc1cc(C(=O)N2CCOCC2)ccc1C(=O)NCCc1ccc(-c2ccc(C(=O)OC(C)(C)C)cc2)cc1. The van der Waals surface area contributed by atoms with Gasteiger partial charge < -0.3 is 24.4 Å². The van der Waals surface area contributed by atoms with Crippen molar-refractivity contribution in [2.45, 2.75) is 32.8 Å². The minimum atomic E-state index is -0.536. The third-order valence-electron chi connectivity index (χ3n) is 6.50. The first-order chi connectivity index (χ1) is 19.1. The molecule has 0 saturated carbocycles. The van der Waals surface area contributed by atoms with Gasteiger partial charge in [0.25, 0.3) is 11.8 Å². The van der Waals surface area contributed by atoms with Gasteiger partial charge in [0, 0.05) is 25.2 Å². The van der Waals surface area contributed by atoms with Crippen LogP contribution in [0.25, 0.3) is 11.1 Å². The van der Waals surface area contributed by atoms with Crippen molar-refractivity contribution in [1.29, 1.82) is 0 Å². The van der Waals surface area contributed by atoms with E-state index in [0.717, 1.165) is 16.7 Å². The number of benzene rings is 3. The number of ether oxygens (including phenoxy) is 3. The molecule has 1 aliphatic rings. The highest BCUT2D eigenvalue weighted by Gasteiger charge is 2.21. The summed E-state index contributed by atoms with van der Waals surface area (Å²) in [7, 11) is 1.49. The van der Waals surface area contributed by atoms with E-state index in [1.54, 1.807) is 35.2 Å². The van der Waals surface area contributed by atoms with Gasteiger partial charge in [-0.05, 0) is 74.2 Å². The van der Waals surface area contributed by atoms with Crippen LogP contribution in [0.2, 0.25) is 0 Å². The Morgan fingerprint density at radius 3 is 2.08 bits per heavy atom. The Labute approximate surface area is 235 Å². The number of esters is 1. The van der Waals surface area contributed by atoms with E-state index in [2.05, 4.69) is 5.32 Å². The van der Waals surface area contributed by atoms with E-state index in [4.69, 9.17) is 14.2 Å². The van der Waals surface area contributed by atoms with Crippen LogP contribution in [0.3, 0.4) is 0 Å². The summed E-state index contributed by atoms with van der Waals surface area (Å²) in [6, 6.07) is 20.3. The fourth-order valence-corrected chi connectivity index (χ4v) is 4.38. The second-order valence-electron chi connectivity index (χ2n) is 10.6. The molecule has 1 aliphatic heterocycles. The smallest absolute Gasteiger partial charge is 0.338 e. The summed E-state index contributed by atoms with van der Waals surface area (Å²) in [6.45, 7) is 8.12. The van der Waals surface area contributed by atoms with Gasteiger partial charge in [0.05, 0.1) is 31.5 Å². The highest BCUT2D eigenvalue weighted by molar-refractivity contribution is 6.00. The van der Waals surface area contributed by atoms with Crippen molar-refractivity contribution in [2.75, 3.05) is 40.0 Å². The van der Waals surface area contributed by atoms with E-state index in [-0.39, 0.29) is 17.8 Å². The molecule has 1 fully saturated rings. The molecule has 1 saturated heterocycles. The standard InChI is InChI=1S/C32H36N2O6/c1-32(2,3)40-31(37)25-11-9-24(10-12-25)23-7-5-22(6-8-23)15-16-33-29(35)27-14-13-26(21-28(27)38-4)30(36)34-17-19-39-20-18-34/h5-14,21H,15-20H2,1-4H3,(H,33,35). The van der Waals surface area contributed by atoms with Gasteiger partial charge in [0.1, 0.15) is 11.4 Å². The van der Waals surface area contributed by atoms with E-state index in [9.17, 15) is 14.4 Å². The zero-order chi connectivity index (χ0) is 28.7. The van der Waals surface area contributed by atoms with Crippen molar-refractivity contribution in [1.82, 2.24) is 10.2 Å². The molecule has 1 heterocycles. The highest BCUT2D eigenvalue weighted by Crippen LogP contribution is 2.23. The van der Waals surface area contributed by atoms with Crippen molar-refractivity contribution in [3.63, 3.8) is 0 Å². The summed E-state index contributed by atoms with van der Waals surface area (Å²) < 4.78 is 16.2. The number of carbonyl (C=O) groups excluding carboxylic acids is 3. The largest absolute Gasteiger partial charge is 0.496 e. The van der Waals surface area contributed by atoms with E-state index in [1.807, 2.05) is 57.2 Å². The number of nitrogens with zero attached hydrogens (tertiary/aromatic N) is 1. The lowest BCUT2D eigenvalue weighted by Gasteiger charge is -2.27. The van der Waals surface area contributed by atoms with Crippen LogP contribution < -0.4 is 10.1 Å². The first kappa shape index (κ1) is 28.8. The zero-order valence-corrected chi connectivity index (χ0v) is 23.5. The van der Waals surface area contributed by atoms with Crippen LogP contribution in [0.4, 0.5) is 0 Å². The van der Waals surface area contributed by atoms with Crippen molar-refractivity contribution in [2.24, 2.45) is 0 Å². The lowest BCUT2D eigenvalue weighted by atomic mass is 10.0. The van der Waals surface area contributed by atoms with Crippen LogP contribution in [0.1, 0.15) is 57.4 Å². The van der Waals surface area contributed by atoms with Gasteiger partial charge in [0.15, 0.2) is 0 Å². The second kappa shape index (κ2) is 12.8. The van der Waals surface area contributed by atoms with E-state index >= 15 is 0 Å². The Hall–Kier alpha value is -4.17. The number of amides is 2. The maximum atomic E-state index is 12.9. The van der Waals surface area contributed by atoms with Gasteiger partial charge in [0.2, 0.25) is 0 Å². The third kappa shape index (κ3) is 7.48. The molecule has 0 atom stereocenters. The molecular weight excluding hydrogens is 508 g/mol. The molecule has 0 unspecified atom stereocenters. The Morgan fingerprint density at radius 2 is 1.48 bits per heavy atom. The molecule has 0 aliphatic carbocycles. The van der Waals surface area contributed by atoms with Crippen LogP contribution >= 0.6 is 0 Å². The van der Waals surface area contributed by atoms with Crippen LogP contribution in [0.15, 0.2) is 66.7 Å². The predicted molar refractivity (Wildman–Crippen MR) is 153 cm³/mol. The maximum Gasteiger partial charge on any atom is 0.338 e. The number of nitrogens with one attached hydrogen (secondary N) is 1. The molecule has 0 bridgehead atoms. The van der Waals surface area contributed by atoms with Gasteiger partial charge in [-0.15, -0.1) is 0 Å². The molecule has 1 N–H and O–H groups in total. The average molecular weight is 545 g/mol. The van der Waals surface area contributed by atoms with Gasteiger partial charge in [-0.1, -0.05) is 36.4 Å². The number of morpholine rings is 1. The average Bonchev–Trinajstić information content (AvgIpc) is 2.96. The van der Waals surface area contributed by atoms with Crippen molar-refractivity contribution >= 4 is 17.8 Å². The van der Waals surface area contributed by atoms with E-state index in [0.29, 0.717) is 61.7 Å². The molecule has 0 radical (unpaired) electrons. The molecule has 0 spiro atoms. The maximum absolute atomic E-state index is 12.9. The lowest BCUT2D eigenvalue weighted by molar-refractivity contribution is 0.00692. The van der Waals surface area contributed by atoms with Crippen molar-refractivity contribution in [3.05, 3.63) is 89.0 Å². The third-order valence-corrected chi connectivity index (χ3v) is 6.50. The predicted octanol–water partition coefficient (Wildman–Crippen LogP) is 4.76. The summed E-state index contributed by atoms with van der Waals surface area (Å²) in [5.74, 6) is -0.343. The minimum absolute atomic E-state index is 0.101. The van der Waals surface area contributed by atoms with Gasteiger partial charge >= 0.3 is 5.97 Å². The second-order valence-corrected chi connectivity index (χ2v) is 10.6. The minimum Gasteiger partial charge on any atom is -0.496 e. The lowest BCUT2D eigenvalue weighted by Crippen LogP contribution is -2.40. The van der Waals surface area contributed by atoms with Gasteiger partial charge in [-0.2, -0.15) is 0 Å². The summed E-state index contributed by atoms with van der Waals surface area (Å²) in [6.07, 6.45) is 0.652. The van der Waals surface area contributed by atoms with Crippen LogP contribution in [-0.2, 0) is 15.9 Å². The van der Waals surface area contributed by atoms with Crippen LogP contribution in [0, 0.1) is 0 Å². The number of hydrogen-bond acceptors (Lipinski definition) is 6. The topological polar surface area (TPSA) is 94.2 Å². The number of hydrogen-bond donors (Lipinski definition) is 1. The molecule has 3 aromatic carbocycles. The number of methoxy groups -OCH3 is 1. The fraction of sp³-hybridized carbons (Fsp3) is 0.344. The van der Waals surface area contributed by atoms with E-state index < -0.39 is 5.60 Å². The Kier molecular flexibility index (Phi) is 9.22. The summed E-state index contributed by atoms with van der Waals surface area (Å²) in [5.41, 5.74) is 3.94. The summed E-state index contributed by atoms with van der Waals surface area (Å²) >= 11 is 0. The molecule has 210 valence electrons. The molecule has 4 rings (SSSR count). The van der Waals surface area contributed by atoms with Crippen molar-refractivity contribution < 1.29 is 28.6 Å². The van der Waals surface area contributed by atoms with Gasteiger partial charge in [-0.3, -0.25) is 9.59 Å². The Morgan fingerprint density at radius 1 is 0.875 bits per heavy atom. The summed E-state index contributed by atoms with van der Waals surface area (Å²) in [4.78, 5) is 39.6. The Bertz CT molecular complexity index is 1340. The number of rotatable bonds is 8. The molecule has 0 aromatic heterocycles. The highest BCUT2D eigenvalue weighted by atomic mass is 16.6. The normalized spacial score (nSPS) is 13.4. The quantitative estimate of drug-likeness (QED) is 0.411. The monoisotopic (exact) mass is 544 g/mol. The summed E-state index contributed by atoms with van der Waals surface area (Å²) in [5, 5.41) is 2.94. The van der Waals surface area contributed by atoms with Gasteiger partial charge in [-0.25, -0.2) is 4.79 Å². The molecule has 8 nitrogen and oxygen atoms in total. The molecular formula is C32H36N2O6. The van der Waals surface area contributed by atoms with Crippen molar-refractivity contribution in [3.8, 4) is 16.9 Å². The molecule has 3 aromatic rings. The molecule has 40 heavy (non-hydrogen) atoms. The van der Waals surface area contributed by atoms with Crippen LogP contribution in [-0.4, -0.2) is 68.2 Å². The first-order valence-electron chi connectivity index (χ1n) is 13.4. The zero-order valence-electron chi connectivity index (χ0n) is 23.5. The Balaban J connectivity index is 1.31.